The number of benzene rings is 1. The largest absolute Gasteiger partial charge is 0.465 e. The number of furan rings is 1. The van der Waals surface area contributed by atoms with Crippen LogP contribution < -0.4 is 0 Å². The highest BCUT2D eigenvalue weighted by Crippen LogP contribution is 2.30. The number of esters is 1. The number of pyridine rings is 1. The molecule has 0 spiro atoms. The molecule has 0 saturated heterocycles. The van der Waals surface area contributed by atoms with Crippen molar-refractivity contribution in [2.24, 2.45) is 0 Å². The molecule has 0 aliphatic heterocycles. The van der Waals surface area contributed by atoms with E-state index in [4.69, 9.17) is 16.0 Å². The van der Waals surface area contributed by atoms with Gasteiger partial charge in [-0.3, -0.25) is 4.98 Å². The second-order valence-corrected chi connectivity index (χ2v) is 4.59. The number of methoxy groups -OCH3 is 1. The smallest absolute Gasteiger partial charge is 0.337 e. The molecule has 0 fully saturated rings. The summed E-state index contributed by atoms with van der Waals surface area (Å²) in [5, 5.41) is 0.521. The number of carbonyl (C=O) groups is 1. The van der Waals surface area contributed by atoms with Crippen molar-refractivity contribution in [3.05, 3.63) is 53.2 Å². The van der Waals surface area contributed by atoms with E-state index in [1.165, 1.54) is 7.11 Å². The third kappa shape index (κ3) is 2.14. The Morgan fingerprint density at radius 1 is 1.25 bits per heavy atom. The zero-order valence-electron chi connectivity index (χ0n) is 10.6. The lowest BCUT2D eigenvalue weighted by Gasteiger charge is -2.00. The second-order valence-electron chi connectivity index (χ2n) is 4.19. The fourth-order valence-electron chi connectivity index (χ4n) is 1.94. The van der Waals surface area contributed by atoms with Crippen molar-refractivity contribution in [3.63, 3.8) is 0 Å². The minimum atomic E-state index is -0.370. The van der Waals surface area contributed by atoms with E-state index in [1.54, 1.807) is 36.5 Å². The number of hydrogen-bond acceptors (Lipinski definition) is 4. The maximum Gasteiger partial charge on any atom is 0.337 e. The molecule has 100 valence electrons. The number of fused-ring (bicyclic) bond motifs is 1. The van der Waals surface area contributed by atoms with Gasteiger partial charge in [0, 0.05) is 17.8 Å². The van der Waals surface area contributed by atoms with E-state index >= 15 is 0 Å². The Hall–Kier alpha value is -2.33. The normalized spacial score (nSPS) is 10.7. The molecule has 0 radical (unpaired) electrons. The summed E-state index contributed by atoms with van der Waals surface area (Å²) in [4.78, 5) is 15.6. The van der Waals surface area contributed by atoms with Crippen LogP contribution >= 0.6 is 11.6 Å². The number of nitrogens with zero attached hydrogens (tertiary/aromatic N) is 1. The molecule has 2 aromatic heterocycles. The summed E-state index contributed by atoms with van der Waals surface area (Å²) >= 11 is 6.05. The third-order valence-electron chi connectivity index (χ3n) is 2.95. The first kappa shape index (κ1) is 12.7. The van der Waals surface area contributed by atoms with Crippen LogP contribution in [-0.4, -0.2) is 18.1 Å². The quantitative estimate of drug-likeness (QED) is 0.670. The molecule has 0 aliphatic rings. The van der Waals surface area contributed by atoms with E-state index in [1.807, 2.05) is 6.07 Å². The van der Waals surface area contributed by atoms with Gasteiger partial charge in [-0.05, 0) is 18.2 Å². The summed E-state index contributed by atoms with van der Waals surface area (Å²) in [6.45, 7) is 0. The van der Waals surface area contributed by atoms with Gasteiger partial charge in [0.25, 0.3) is 0 Å². The van der Waals surface area contributed by atoms with Crippen LogP contribution in [0.1, 0.15) is 10.4 Å². The van der Waals surface area contributed by atoms with Crippen LogP contribution in [0, 0.1) is 0 Å². The number of ether oxygens (including phenoxy) is 1. The first-order chi connectivity index (χ1) is 9.69. The standard InChI is InChI=1S/C15H10ClNO3/c1-19-15(18)10-4-2-9(3-5-10)13-8-12-14(20-13)11(16)6-7-17-12/h2-8H,1H3. The van der Waals surface area contributed by atoms with Gasteiger partial charge < -0.3 is 9.15 Å². The molecule has 0 bridgehead atoms. The van der Waals surface area contributed by atoms with Gasteiger partial charge in [0.15, 0.2) is 5.58 Å². The molecule has 0 aliphatic carbocycles. The molecule has 3 rings (SSSR count). The summed E-state index contributed by atoms with van der Waals surface area (Å²) in [5.74, 6) is 0.280. The van der Waals surface area contributed by atoms with Crippen LogP contribution in [0.4, 0.5) is 0 Å². The molecule has 0 amide bonds. The van der Waals surface area contributed by atoms with Gasteiger partial charge in [-0.15, -0.1) is 0 Å². The third-order valence-corrected chi connectivity index (χ3v) is 3.25. The Labute approximate surface area is 119 Å². The first-order valence-electron chi connectivity index (χ1n) is 5.92. The molecule has 20 heavy (non-hydrogen) atoms. The van der Waals surface area contributed by atoms with E-state index in [9.17, 15) is 4.79 Å². The van der Waals surface area contributed by atoms with Gasteiger partial charge in [0.2, 0.25) is 0 Å². The van der Waals surface area contributed by atoms with E-state index in [2.05, 4.69) is 9.72 Å². The predicted octanol–water partition coefficient (Wildman–Crippen LogP) is 3.93. The SMILES string of the molecule is COC(=O)c1ccc(-c2cc3nccc(Cl)c3o2)cc1. The fourth-order valence-corrected chi connectivity index (χ4v) is 2.13. The zero-order valence-corrected chi connectivity index (χ0v) is 11.3. The fraction of sp³-hybridized carbons (Fsp3) is 0.0667. The van der Waals surface area contributed by atoms with E-state index in [-0.39, 0.29) is 5.97 Å². The van der Waals surface area contributed by atoms with Crippen molar-refractivity contribution in [2.75, 3.05) is 7.11 Å². The van der Waals surface area contributed by atoms with E-state index in [0.29, 0.717) is 27.4 Å². The highest BCUT2D eigenvalue weighted by atomic mass is 35.5. The van der Waals surface area contributed by atoms with Crippen LogP contribution in [0.3, 0.4) is 0 Å². The van der Waals surface area contributed by atoms with Gasteiger partial charge in [0.05, 0.1) is 17.7 Å². The van der Waals surface area contributed by atoms with Gasteiger partial charge >= 0.3 is 5.97 Å². The molecule has 2 heterocycles. The van der Waals surface area contributed by atoms with Gasteiger partial charge in [-0.2, -0.15) is 0 Å². The molecule has 5 heteroatoms. The minimum Gasteiger partial charge on any atom is -0.465 e. The molecule has 0 saturated carbocycles. The summed E-state index contributed by atoms with van der Waals surface area (Å²) in [7, 11) is 1.35. The molecular formula is C15H10ClNO3. The van der Waals surface area contributed by atoms with Crippen molar-refractivity contribution >= 4 is 28.7 Å². The molecule has 1 aromatic carbocycles. The summed E-state index contributed by atoms with van der Waals surface area (Å²) < 4.78 is 10.4. The van der Waals surface area contributed by atoms with Crippen molar-refractivity contribution in [3.8, 4) is 11.3 Å². The lowest BCUT2D eigenvalue weighted by atomic mass is 10.1. The van der Waals surface area contributed by atoms with Crippen LogP contribution in [0.15, 0.2) is 47.0 Å². The van der Waals surface area contributed by atoms with Crippen molar-refractivity contribution in [1.29, 1.82) is 0 Å². The van der Waals surface area contributed by atoms with Crippen LogP contribution in [0.5, 0.6) is 0 Å². The minimum absolute atomic E-state index is 0.370. The Balaban J connectivity index is 2.02. The maximum atomic E-state index is 11.4. The Morgan fingerprint density at radius 3 is 2.65 bits per heavy atom. The summed E-state index contributed by atoms with van der Waals surface area (Å²) in [5.41, 5.74) is 2.58. The molecule has 3 aromatic rings. The van der Waals surface area contributed by atoms with E-state index < -0.39 is 0 Å². The molecule has 0 N–H and O–H groups in total. The number of hydrogen-bond donors (Lipinski definition) is 0. The summed E-state index contributed by atoms with van der Waals surface area (Å²) in [6, 6.07) is 10.4. The van der Waals surface area contributed by atoms with Crippen LogP contribution in [0.2, 0.25) is 5.02 Å². The van der Waals surface area contributed by atoms with Gasteiger partial charge in [-0.25, -0.2) is 4.79 Å². The average Bonchev–Trinajstić information content (AvgIpc) is 2.92. The molecule has 0 unspecified atom stereocenters. The van der Waals surface area contributed by atoms with Crippen molar-refractivity contribution in [1.82, 2.24) is 4.98 Å². The maximum absolute atomic E-state index is 11.4. The predicted molar refractivity (Wildman–Crippen MR) is 75.8 cm³/mol. The molecule has 0 atom stereocenters. The highest BCUT2D eigenvalue weighted by molar-refractivity contribution is 6.34. The number of rotatable bonds is 2. The lowest BCUT2D eigenvalue weighted by molar-refractivity contribution is 0.0601. The Morgan fingerprint density at radius 2 is 2.00 bits per heavy atom. The Bertz CT molecular complexity index is 777. The van der Waals surface area contributed by atoms with Crippen LogP contribution in [-0.2, 0) is 4.74 Å². The number of halogens is 1. The Kier molecular flexibility index (Phi) is 3.16. The highest BCUT2D eigenvalue weighted by Gasteiger charge is 2.11. The lowest BCUT2D eigenvalue weighted by Crippen LogP contribution is -2.00. The second kappa shape index (κ2) is 4.98. The average molecular weight is 288 g/mol. The topological polar surface area (TPSA) is 52.3 Å². The van der Waals surface area contributed by atoms with Crippen molar-refractivity contribution < 1.29 is 13.9 Å². The number of carbonyl (C=O) groups excluding carboxylic acids is 1. The summed E-state index contributed by atoms with van der Waals surface area (Å²) in [6.07, 6.45) is 1.63. The van der Waals surface area contributed by atoms with E-state index in [0.717, 1.165) is 5.56 Å². The number of aromatic nitrogens is 1. The molecule has 4 nitrogen and oxygen atoms in total. The van der Waals surface area contributed by atoms with Gasteiger partial charge in [-0.1, -0.05) is 23.7 Å². The molecular weight excluding hydrogens is 278 g/mol. The van der Waals surface area contributed by atoms with Crippen molar-refractivity contribution in [2.45, 2.75) is 0 Å². The zero-order chi connectivity index (χ0) is 14.1. The monoisotopic (exact) mass is 287 g/mol. The first-order valence-corrected chi connectivity index (χ1v) is 6.29. The van der Waals surface area contributed by atoms with Gasteiger partial charge in [0.1, 0.15) is 11.3 Å². The van der Waals surface area contributed by atoms with Crippen LogP contribution in [0.25, 0.3) is 22.4 Å².